The number of hydrogen-bond donors (Lipinski definition) is 2. The molecule has 1 aliphatic carbocycles. The molecule has 80 valence electrons. The second-order valence-electron chi connectivity index (χ2n) is 3.58. The number of carbonyl (C=O) groups excluding carboxylic acids is 1. The Morgan fingerprint density at radius 2 is 2.14 bits per heavy atom. The molecule has 0 aromatic rings. The van der Waals surface area contributed by atoms with Gasteiger partial charge in [0.1, 0.15) is 6.04 Å². The molecule has 0 heterocycles. The maximum atomic E-state index is 11.3. The van der Waals surface area contributed by atoms with Gasteiger partial charge < -0.3 is 15.6 Å². The molecule has 1 aliphatic rings. The molecule has 3 N–H and O–H groups in total. The molecule has 0 spiro atoms. The van der Waals surface area contributed by atoms with E-state index >= 15 is 0 Å². The molecule has 5 nitrogen and oxygen atoms in total. The molecule has 0 saturated heterocycles. The van der Waals surface area contributed by atoms with Crippen LogP contribution in [-0.4, -0.2) is 29.7 Å². The average Bonchev–Trinajstić information content (AvgIpc) is 2.76. The van der Waals surface area contributed by atoms with Crippen LogP contribution >= 0.6 is 0 Å². The van der Waals surface area contributed by atoms with E-state index in [0.29, 0.717) is 6.61 Å². The summed E-state index contributed by atoms with van der Waals surface area (Å²) in [5.74, 6) is -1.98. The molecule has 0 aromatic heterocycles. The number of hydrogen-bond acceptors (Lipinski definition) is 4. The van der Waals surface area contributed by atoms with Gasteiger partial charge in [-0.15, -0.1) is 0 Å². The number of ether oxygens (including phenoxy) is 1. The lowest BCUT2D eigenvalue weighted by atomic mass is 10.1. The molecule has 1 rings (SSSR count). The molecule has 4 atom stereocenters. The molecule has 14 heavy (non-hydrogen) atoms. The highest BCUT2D eigenvalue weighted by Gasteiger charge is 2.57. The highest BCUT2D eigenvalue weighted by atomic mass is 16.5. The van der Waals surface area contributed by atoms with Gasteiger partial charge in [0, 0.05) is 5.92 Å². The smallest absolute Gasteiger partial charge is 0.320 e. The minimum atomic E-state index is -1.06. The van der Waals surface area contributed by atoms with E-state index in [1.165, 1.54) is 0 Å². The molecular weight excluding hydrogens is 186 g/mol. The fourth-order valence-electron chi connectivity index (χ4n) is 1.82. The van der Waals surface area contributed by atoms with Crippen molar-refractivity contribution in [2.45, 2.75) is 19.9 Å². The summed E-state index contributed by atoms with van der Waals surface area (Å²) < 4.78 is 4.81. The molecule has 0 aromatic carbocycles. The number of carboxylic acids is 1. The van der Waals surface area contributed by atoms with E-state index in [1.54, 1.807) is 6.92 Å². The van der Waals surface area contributed by atoms with Crippen molar-refractivity contribution in [2.75, 3.05) is 6.61 Å². The van der Waals surface area contributed by atoms with Gasteiger partial charge in [0.05, 0.1) is 12.5 Å². The zero-order valence-corrected chi connectivity index (χ0v) is 8.27. The van der Waals surface area contributed by atoms with Crippen molar-refractivity contribution < 1.29 is 19.4 Å². The van der Waals surface area contributed by atoms with Gasteiger partial charge in [0.25, 0.3) is 0 Å². The Morgan fingerprint density at radius 1 is 1.57 bits per heavy atom. The average molecular weight is 201 g/mol. The number of nitrogens with two attached hydrogens (primary N) is 1. The van der Waals surface area contributed by atoms with Crippen molar-refractivity contribution in [3.63, 3.8) is 0 Å². The summed E-state index contributed by atoms with van der Waals surface area (Å²) in [5.41, 5.74) is 5.43. The fourth-order valence-corrected chi connectivity index (χ4v) is 1.82. The van der Waals surface area contributed by atoms with E-state index in [2.05, 4.69) is 0 Å². The largest absolute Gasteiger partial charge is 0.480 e. The highest BCUT2D eigenvalue weighted by molar-refractivity contribution is 5.81. The van der Waals surface area contributed by atoms with Crippen LogP contribution in [0.5, 0.6) is 0 Å². The van der Waals surface area contributed by atoms with E-state index in [1.807, 2.05) is 6.92 Å². The van der Waals surface area contributed by atoms with Crippen molar-refractivity contribution in [3.05, 3.63) is 0 Å². The van der Waals surface area contributed by atoms with Crippen molar-refractivity contribution in [1.82, 2.24) is 0 Å². The number of esters is 1. The van der Waals surface area contributed by atoms with Crippen LogP contribution in [0.1, 0.15) is 13.8 Å². The van der Waals surface area contributed by atoms with Gasteiger partial charge in [-0.05, 0) is 12.8 Å². The van der Waals surface area contributed by atoms with Crippen LogP contribution in [0.25, 0.3) is 0 Å². The first-order valence-electron chi connectivity index (χ1n) is 4.65. The molecule has 0 aliphatic heterocycles. The van der Waals surface area contributed by atoms with E-state index in [0.717, 1.165) is 0 Å². The topological polar surface area (TPSA) is 89.6 Å². The van der Waals surface area contributed by atoms with Gasteiger partial charge in [0.15, 0.2) is 0 Å². The zero-order valence-electron chi connectivity index (χ0n) is 8.27. The SMILES string of the molecule is CCOC(=O)C1C(C)C1[C@@H](N)C(=O)O. The number of carboxylic acid groups (broad SMARTS) is 1. The Morgan fingerprint density at radius 3 is 2.57 bits per heavy atom. The Kier molecular flexibility index (Phi) is 3.10. The molecule has 0 amide bonds. The molecular formula is C9H15NO4. The summed E-state index contributed by atoms with van der Waals surface area (Å²) in [7, 11) is 0. The van der Waals surface area contributed by atoms with Crippen LogP contribution in [0.2, 0.25) is 0 Å². The standard InChI is InChI=1S/C9H15NO4/c1-3-14-9(13)6-4(2)5(6)7(10)8(11)12/h4-7H,3,10H2,1-2H3,(H,11,12)/t4?,5?,6?,7-/m1/s1. The van der Waals surface area contributed by atoms with E-state index in [9.17, 15) is 9.59 Å². The van der Waals surface area contributed by atoms with Gasteiger partial charge in [-0.2, -0.15) is 0 Å². The minimum absolute atomic E-state index is 0.0140. The molecule has 1 fully saturated rings. The minimum Gasteiger partial charge on any atom is -0.480 e. The van der Waals surface area contributed by atoms with Crippen LogP contribution < -0.4 is 5.73 Å². The monoisotopic (exact) mass is 201 g/mol. The number of aliphatic carboxylic acids is 1. The van der Waals surface area contributed by atoms with Gasteiger partial charge in [0.2, 0.25) is 0 Å². The van der Waals surface area contributed by atoms with Crippen molar-refractivity contribution >= 4 is 11.9 Å². The van der Waals surface area contributed by atoms with Gasteiger partial charge >= 0.3 is 11.9 Å². The number of rotatable bonds is 4. The fraction of sp³-hybridized carbons (Fsp3) is 0.778. The van der Waals surface area contributed by atoms with Gasteiger partial charge in [-0.25, -0.2) is 0 Å². The van der Waals surface area contributed by atoms with E-state index in [4.69, 9.17) is 15.6 Å². The zero-order chi connectivity index (χ0) is 10.9. The Labute approximate surface area is 82.2 Å². The summed E-state index contributed by atoms with van der Waals surface area (Å²) in [4.78, 5) is 21.9. The van der Waals surface area contributed by atoms with Crippen LogP contribution in [-0.2, 0) is 14.3 Å². The molecule has 3 unspecified atom stereocenters. The Hall–Kier alpha value is -1.10. The van der Waals surface area contributed by atoms with Crippen LogP contribution in [0, 0.1) is 17.8 Å². The molecule has 5 heteroatoms. The van der Waals surface area contributed by atoms with Gasteiger partial charge in [-0.1, -0.05) is 6.92 Å². The predicted molar refractivity (Wildman–Crippen MR) is 48.4 cm³/mol. The van der Waals surface area contributed by atoms with Crippen LogP contribution in [0.3, 0.4) is 0 Å². The van der Waals surface area contributed by atoms with Gasteiger partial charge in [-0.3, -0.25) is 9.59 Å². The quantitative estimate of drug-likeness (QED) is 0.617. The Bertz CT molecular complexity index is 253. The normalized spacial score (nSPS) is 32.1. The Balaban J connectivity index is 2.53. The predicted octanol–water partition coefficient (Wildman–Crippen LogP) is -0.156. The maximum absolute atomic E-state index is 11.3. The third-order valence-corrected chi connectivity index (χ3v) is 2.71. The lowest BCUT2D eigenvalue weighted by Crippen LogP contribution is -2.34. The number of carbonyl (C=O) groups is 2. The first-order valence-corrected chi connectivity index (χ1v) is 4.65. The summed E-state index contributed by atoms with van der Waals surface area (Å²) in [5, 5.41) is 8.66. The third kappa shape index (κ3) is 1.87. The van der Waals surface area contributed by atoms with E-state index in [-0.39, 0.29) is 23.7 Å². The second-order valence-corrected chi connectivity index (χ2v) is 3.58. The first-order chi connectivity index (χ1) is 6.50. The summed E-state index contributed by atoms with van der Waals surface area (Å²) in [6.45, 7) is 3.85. The lowest BCUT2D eigenvalue weighted by molar-refractivity contribution is -0.145. The van der Waals surface area contributed by atoms with Crippen LogP contribution in [0.4, 0.5) is 0 Å². The van der Waals surface area contributed by atoms with Crippen molar-refractivity contribution in [1.29, 1.82) is 0 Å². The highest BCUT2D eigenvalue weighted by Crippen LogP contribution is 2.48. The van der Waals surface area contributed by atoms with Crippen molar-refractivity contribution in [3.8, 4) is 0 Å². The second kappa shape index (κ2) is 3.96. The summed E-state index contributed by atoms with van der Waals surface area (Å²) in [6, 6.07) is -0.959. The molecule has 0 radical (unpaired) electrons. The molecule has 1 saturated carbocycles. The maximum Gasteiger partial charge on any atom is 0.320 e. The van der Waals surface area contributed by atoms with E-state index < -0.39 is 12.0 Å². The van der Waals surface area contributed by atoms with Crippen LogP contribution in [0.15, 0.2) is 0 Å². The summed E-state index contributed by atoms with van der Waals surface area (Å²) in [6.07, 6.45) is 0. The van der Waals surface area contributed by atoms with Crippen molar-refractivity contribution in [2.24, 2.45) is 23.5 Å². The summed E-state index contributed by atoms with van der Waals surface area (Å²) >= 11 is 0. The lowest BCUT2D eigenvalue weighted by Gasteiger charge is -2.04. The molecule has 0 bridgehead atoms. The third-order valence-electron chi connectivity index (χ3n) is 2.71. The first kappa shape index (κ1) is 11.0.